The number of carbonyl (C=O) groups excluding carboxylic acids is 3. The number of benzene rings is 1. The number of nitrogens with one attached hydrogen (secondary N) is 1. The molecule has 0 radical (unpaired) electrons. The van der Waals surface area contributed by atoms with Gasteiger partial charge in [0.15, 0.2) is 0 Å². The maximum Gasteiger partial charge on any atom is 0.326 e. The van der Waals surface area contributed by atoms with Crippen molar-refractivity contribution in [2.45, 2.75) is 43.6 Å². The lowest BCUT2D eigenvalue weighted by Gasteiger charge is -2.23. The van der Waals surface area contributed by atoms with Crippen molar-refractivity contribution in [2.24, 2.45) is 0 Å². The molecule has 2 amide bonds. The molecule has 0 spiro atoms. The first kappa shape index (κ1) is 20.3. The van der Waals surface area contributed by atoms with E-state index < -0.39 is 23.8 Å². The van der Waals surface area contributed by atoms with Crippen molar-refractivity contribution in [3.8, 4) is 0 Å². The Morgan fingerprint density at radius 3 is 2.50 bits per heavy atom. The number of fused-ring (bicyclic) bond motifs is 1. The number of ether oxygens (including phenoxy) is 1. The Morgan fingerprint density at radius 1 is 1.29 bits per heavy atom. The zero-order valence-electron chi connectivity index (χ0n) is 15.4. The molecule has 0 aromatic heterocycles. The molecule has 28 heavy (non-hydrogen) atoms. The molecule has 3 rings (SSSR count). The summed E-state index contributed by atoms with van der Waals surface area (Å²) in [7, 11) is 0. The van der Waals surface area contributed by atoms with Crippen LogP contribution in [0.25, 0.3) is 0 Å². The van der Waals surface area contributed by atoms with E-state index in [0.29, 0.717) is 25.2 Å². The maximum atomic E-state index is 12.5. The van der Waals surface area contributed by atoms with Crippen molar-refractivity contribution < 1.29 is 29.0 Å². The molecule has 2 unspecified atom stereocenters. The lowest BCUT2D eigenvalue weighted by molar-refractivity contribution is -0.145. The van der Waals surface area contributed by atoms with Crippen LogP contribution in [-0.4, -0.2) is 63.6 Å². The van der Waals surface area contributed by atoms with Gasteiger partial charge >= 0.3 is 11.9 Å². The Hall–Kier alpha value is -2.39. The monoisotopic (exact) mass is 406 g/mol. The normalized spacial score (nSPS) is 22.2. The molecule has 9 heteroatoms. The second kappa shape index (κ2) is 8.74. The average Bonchev–Trinajstić information content (AvgIpc) is 3.24. The SMILES string of the molecule is CCOC(=O)C1CSC(CCC[C@@H](C(=O)O)N2C(=O)c3ccccc3C2=O)N1. The summed E-state index contributed by atoms with van der Waals surface area (Å²) in [4.78, 5) is 49.4. The van der Waals surface area contributed by atoms with Crippen LogP contribution in [0.5, 0.6) is 0 Å². The molecule has 1 aromatic carbocycles. The van der Waals surface area contributed by atoms with Crippen molar-refractivity contribution in [3.63, 3.8) is 0 Å². The quantitative estimate of drug-likeness (QED) is 0.493. The van der Waals surface area contributed by atoms with E-state index in [-0.39, 0.29) is 34.9 Å². The van der Waals surface area contributed by atoms with Gasteiger partial charge in [-0.3, -0.25) is 24.6 Å². The molecule has 1 aromatic rings. The Morgan fingerprint density at radius 2 is 1.93 bits per heavy atom. The summed E-state index contributed by atoms with van der Waals surface area (Å²) in [6.07, 6.45) is 1.27. The van der Waals surface area contributed by atoms with Gasteiger partial charge in [0.05, 0.1) is 23.1 Å². The van der Waals surface area contributed by atoms with Gasteiger partial charge in [0, 0.05) is 5.75 Å². The molecule has 3 atom stereocenters. The molecule has 2 N–H and O–H groups in total. The van der Waals surface area contributed by atoms with E-state index in [4.69, 9.17) is 4.74 Å². The van der Waals surface area contributed by atoms with Crippen LogP contribution < -0.4 is 5.32 Å². The molecule has 0 saturated carbocycles. The zero-order chi connectivity index (χ0) is 20.3. The number of carbonyl (C=O) groups is 4. The summed E-state index contributed by atoms with van der Waals surface area (Å²) >= 11 is 1.58. The van der Waals surface area contributed by atoms with E-state index in [2.05, 4.69) is 5.32 Å². The van der Waals surface area contributed by atoms with Crippen molar-refractivity contribution in [1.82, 2.24) is 10.2 Å². The van der Waals surface area contributed by atoms with Gasteiger partial charge in [-0.1, -0.05) is 12.1 Å². The zero-order valence-corrected chi connectivity index (χ0v) is 16.2. The minimum absolute atomic E-state index is 0.00558. The highest BCUT2D eigenvalue weighted by atomic mass is 32.2. The fraction of sp³-hybridized carbons (Fsp3) is 0.474. The number of hydrogen-bond acceptors (Lipinski definition) is 7. The van der Waals surface area contributed by atoms with Crippen molar-refractivity contribution in [1.29, 1.82) is 0 Å². The Kier molecular flexibility index (Phi) is 6.35. The third-order valence-corrected chi connectivity index (χ3v) is 6.09. The van der Waals surface area contributed by atoms with Crippen LogP contribution in [0.2, 0.25) is 0 Å². The first-order chi connectivity index (χ1) is 13.4. The number of imide groups is 1. The van der Waals surface area contributed by atoms with E-state index in [0.717, 1.165) is 4.90 Å². The molecule has 1 fully saturated rings. The van der Waals surface area contributed by atoms with Crippen LogP contribution in [-0.2, 0) is 14.3 Å². The number of carboxylic acid groups (broad SMARTS) is 1. The Balaban J connectivity index is 1.57. The number of amides is 2. The minimum atomic E-state index is -1.21. The number of aliphatic carboxylic acids is 1. The second-order valence-electron chi connectivity index (χ2n) is 6.60. The second-order valence-corrected chi connectivity index (χ2v) is 7.84. The fourth-order valence-electron chi connectivity index (χ4n) is 3.43. The molecule has 2 heterocycles. The summed E-state index contributed by atoms with van der Waals surface area (Å²) < 4.78 is 5.00. The maximum absolute atomic E-state index is 12.5. The predicted molar refractivity (Wildman–Crippen MR) is 102 cm³/mol. The van der Waals surface area contributed by atoms with Gasteiger partial charge in [-0.2, -0.15) is 0 Å². The smallest absolute Gasteiger partial charge is 0.326 e. The third-order valence-electron chi connectivity index (χ3n) is 4.79. The average molecular weight is 406 g/mol. The van der Waals surface area contributed by atoms with E-state index in [9.17, 15) is 24.3 Å². The van der Waals surface area contributed by atoms with Crippen molar-refractivity contribution in [2.75, 3.05) is 12.4 Å². The number of esters is 1. The predicted octanol–water partition coefficient (Wildman–Crippen LogP) is 1.50. The van der Waals surface area contributed by atoms with Gasteiger partial charge in [0.2, 0.25) is 0 Å². The van der Waals surface area contributed by atoms with E-state index in [1.54, 1.807) is 30.8 Å². The number of hydrogen-bond donors (Lipinski definition) is 2. The van der Waals surface area contributed by atoms with Gasteiger partial charge in [-0.05, 0) is 38.3 Å². The summed E-state index contributed by atoms with van der Waals surface area (Å²) in [6.45, 7) is 2.08. The lowest BCUT2D eigenvalue weighted by atomic mass is 10.1. The van der Waals surface area contributed by atoms with Crippen LogP contribution >= 0.6 is 11.8 Å². The number of rotatable bonds is 8. The first-order valence-corrected chi connectivity index (χ1v) is 10.2. The highest BCUT2D eigenvalue weighted by Gasteiger charge is 2.42. The van der Waals surface area contributed by atoms with Crippen LogP contribution in [0.1, 0.15) is 46.9 Å². The van der Waals surface area contributed by atoms with Crippen LogP contribution in [0, 0.1) is 0 Å². The highest BCUT2D eigenvalue weighted by Crippen LogP contribution is 2.28. The molecular formula is C19H22N2O6S. The molecule has 0 aliphatic carbocycles. The number of thioether (sulfide) groups is 1. The topological polar surface area (TPSA) is 113 Å². The van der Waals surface area contributed by atoms with E-state index >= 15 is 0 Å². The summed E-state index contributed by atoms with van der Waals surface area (Å²) in [5, 5.41) is 12.8. The van der Waals surface area contributed by atoms with Crippen LogP contribution in [0.4, 0.5) is 0 Å². The highest BCUT2D eigenvalue weighted by molar-refractivity contribution is 8.00. The Labute approximate surface area is 166 Å². The number of nitrogens with zero attached hydrogens (tertiary/aromatic N) is 1. The molecule has 1 saturated heterocycles. The van der Waals surface area contributed by atoms with Gasteiger partial charge in [0.25, 0.3) is 11.8 Å². The summed E-state index contributed by atoms with van der Waals surface area (Å²) in [5.74, 6) is -2.02. The van der Waals surface area contributed by atoms with Gasteiger partial charge in [-0.15, -0.1) is 11.8 Å². The van der Waals surface area contributed by atoms with Crippen molar-refractivity contribution >= 4 is 35.5 Å². The molecule has 0 bridgehead atoms. The largest absolute Gasteiger partial charge is 0.480 e. The number of carboxylic acids is 1. The summed E-state index contributed by atoms with van der Waals surface area (Å²) in [6, 6.07) is 4.78. The molecular weight excluding hydrogens is 384 g/mol. The van der Waals surface area contributed by atoms with E-state index in [1.165, 1.54) is 12.1 Å². The van der Waals surface area contributed by atoms with Crippen LogP contribution in [0.3, 0.4) is 0 Å². The summed E-state index contributed by atoms with van der Waals surface area (Å²) in [5.41, 5.74) is 0.480. The van der Waals surface area contributed by atoms with Gasteiger partial charge in [-0.25, -0.2) is 4.79 Å². The van der Waals surface area contributed by atoms with Gasteiger partial charge < -0.3 is 9.84 Å². The molecule has 2 aliphatic heterocycles. The first-order valence-electron chi connectivity index (χ1n) is 9.18. The minimum Gasteiger partial charge on any atom is -0.480 e. The van der Waals surface area contributed by atoms with Crippen LogP contribution in [0.15, 0.2) is 24.3 Å². The Bertz CT molecular complexity index is 763. The third kappa shape index (κ3) is 4.05. The standard InChI is InChI=1S/C19H22N2O6S/c1-2-27-19(26)13-10-28-15(20-13)9-5-8-14(18(24)25)21-16(22)11-6-3-4-7-12(11)17(21)23/h3-4,6-7,13-15,20H,2,5,8-10H2,1H3,(H,24,25)/t13?,14-,15?/m0/s1. The fourth-order valence-corrected chi connectivity index (χ4v) is 4.68. The molecule has 2 aliphatic rings. The molecule has 150 valence electrons. The van der Waals surface area contributed by atoms with E-state index in [1.807, 2.05) is 0 Å². The van der Waals surface area contributed by atoms with Crippen molar-refractivity contribution in [3.05, 3.63) is 35.4 Å². The lowest BCUT2D eigenvalue weighted by Crippen LogP contribution is -2.45. The van der Waals surface area contributed by atoms with Gasteiger partial charge in [0.1, 0.15) is 12.1 Å². The molecule has 8 nitrogen and oxygen atoms in total.